The molecule has 0 unspecified atom stereocenters. The highest BCUT2D eigenvalue weighted by Gasteiger charge is 2.37. The van der Waals surface area contributed by atoms with Gasteiger partial charge in [0.15, 0.2) is 0 Å². The van der Waals surface area contributed by atoms with Gasteiger partial charge in [-0.1, -0.05) is 32.1 Å². The molecule has 5 heteroatoms. The van der Waals surface area contributed by atoms with E-state index in [1.807, 2.05) is 0 Å². The van der Waals surface area contributed by atoms with Crippen molar-refractivity contribution in [2.45, 2.75) is 51.4 Å². The summed E-state index contributed by atoms with van der Waals surface area (Å²) in [5.41, 5.74) is -0.201. The molecule has 2 fully saturated rings. The van der Waals surface area contributed by atoms with Crippen LogP contribution in [0.15, 0.2) is 0 Å². The molecular formula is C13H25NO3S. The number of hydrogen-bond acceptors (Lipinski definition) is 3. The van der Waals surface area contributed by atoms with Gasteiger partial charge in [0.2, 0.25) is 10.0 Å². The SMILES string of the molecule is NS(=O)(=O)CC1(COCCC2CCC2)CCCC1. The Bertz CT molecular complexity index is 356. The monoisotopic (exact) mass is 275 g/mol. The van der Waals surface area contributed by atoms with Crippen LogP contribution in [-0.4, -0.2) is 27.4 Å². The Labute approximate surface area is 110 Å². The first-order valence-corrected chi connectivity index (χ1v) is 8.79. The molecule has 0 radical (unpaired) electrons. The standard InChI is InChI=1S/C13H25NO3S/c14-18(15,16)11-13(7-1-2-8-13)10-17-9-6-12-4-3-5-12/h12H,1-11H2,(H2,14,15,16). The van der Waals surface area contributed by atoms with E-state index in [1.165, 1.54) is 19.3 Å². The van der Waals surface area contributed by atoms with Gasteiger partial charge in [-0.2, -0.15) is 0 Å². The molecule has 2 rings (SSSR count). The number of hydrogen-bond donors (Lipinski definition) is 1. The minimum atomic E-state index is -3.39. The van der Waals surface area contributed by atoms with Crippen molar-refractivity contribution in [3.8, 4) is 0 Å². The molecule has 0 heterocycles. The molecule has 2 N–H and O–H groups in total. The first kappa shape index (κ1) is 14.3. The Morgan fingerprint density at radius 1 is 1.17 bits per heavy atom. The third-order valence-corrected chi connectivity index (χ3v) is 5.49. The van der Waals surface area contributed by atoms with Crippen LogP contribution in [0.1, 0.15) is 51.4 Å². The second kappa shape index (κ2) is 5.88. The third kappa shape index (κ3) is 4.21. The van der Waals surface area contributed by atoms with Crippen LogP contribution in [0.5, 0.6) is 0 Å². The van der Waals surface area contributed by atoms with E-state index in [4.69, 9.17) is 9.88 Å². The van der Waals surface area contributed by atoms with Crippen molar-refractivity contribution in [2.24, 2.45) is 16.5 Å². The Balaban J connectivity index is 1.75. The predicted molar refractivity (Wildman–Crippen MR) is 71.7 cm³/mol. The second-order valence-corrected chi connectivity index (χ2v) is 7.77. The Kier molecular flexibility index (Phi) is 4.67. The van der Waals surface area contributed by atoms with Crippen LogP contribution in [0.3, 0.4) is 0 Å². The van der Waals surface area contributed by atoms with Crippen molar-refractivity contribution >= 4 is 10.0 Å². The quantitative estimate of drug-likeness (QED) is 0.723. The lowest BCUT2D eigenvalue weighted by atomic mass is 9.83. The predicted octanol–water partition coefficient (Wildman–Crippen LogP) is 2.04. The van der Waals surface area contributed by atoms with E-state index in [-0.39, 0.29) is 11.2 Å². The molecule has 18 heavy (non-hydrogen) atoms. The van der Waals surface area contributed by atoms with Crippen LogP contribution in [0.25, 0.3) is 0 Å². The van der Waals surface area contributed by atoms with E-state index in [2.05, 4.69) is 0 Å². The van der Waals surface area contributed by atoms with Gasteiger partial charge in [-0.05, 0) is 25.2 Å². The van der Waals surface area contributed by atoms with Crippen molar-refractivity contribution in [3.63, 3.8) is 0 Å². The Morgan fingerprint density at radius 2 is 1.83 bits per heavy atom. The smallest absolute Gasteiger partial charge is 0.209 e. The van der Waals surface area contributed by atoms with Crippen LogP contribution < -0.4 is 5.14 Å². The summed E-state index contributed by atoms with van der Waals surface area (Å²) < 4.78 is 28.4. The second-order valence-electron chi connectivity index (χ2n) is 6.15. The summed E-state index contributed by atoms with van der Waals surface area (Å²) in [6.07, 6.45) is 9.24. The minimum Gasteiger partial charge on any atom is -0.381 e. The van der Waals surface area contributed by atoms with Crippen molar-refractivity contribution < 1.29 is 13.2 Å². The number of rotatable bonds is 7. The first-order chi connectivity index (χ1) is 8.49. The van der Waals surface area contributed by atoms with Gasteiger partial charge >= 0.3 is 0 Å². The van der Waals surface area contributed by atoms with Crippen LogP contribution in [0.4, 0.5) is 0 Å². The molecule has 4 nitrogen and oxygen atoms in total. The van der Waals surface area contributed by atoms with Gasteiger partial charge in [0.25, 0.3) is 0 Å². The summed E-state index contributed by atoms with van der Waals surface area (Å²) in [5, 5.41) is 5.20. The normalized spacial score (nSPS) is 24.1. The summed E-state index contributed by atoms with van der Waals surface area (Å²) in [6, 6.07) is 0. The lowest BCUT2D eigenvalue weighted by Gasteiger charge is -2.29. The molecule has 106 valence electrons. The van der Waals surface area contributed by atoms with Crippen molar-refractivity contribution in [3.05, 3.63) is 0 Å². The average Bonchev–Trinajstić information content (AvgIpc) is 2.61. The molecule has 0 saturated heterocycles. The molecule has 0 aliphatic heterocycles. The zero-order valence-electron chi connectivity index (χ0n) is 11.1. The summed E-state index contributed by atoms with van der Waals surface area (Å²) >= 11 is 0. The maximum Gasteiger partial charge on any atom is 0.209 e. The molecular weight excluding hydrogens is 250 g/mol. The van der Waals surface area contributed by atoms with Gasteiger partial charge in [-0.15, -0.1) is 0 Å². The van der Waals surface area contributed by atoms with Crippen molar-refractivity contribution in [1.82, 2.24) is 0 Å². The molecule has 2 saturated carbocycles. The highest BCUT2D eigenvalue weighted by Crippen LogP contribution is 2.39. The van der Waals surface area contributed by atoms with E-state index >= 15 is 0 Å². The molecule has 0 aromatic heterocycles. The fourth-order valence-corrected chi connectivity index (χ4v) is 4.43. The van der Waals surface area contributed by atoms with E-state index in [0.29, 0.717) is 6.61 Å². The highest BCUT2D eigenvalue weighted by atomic mass is 32.2. The number of sulfonamides is 1. The van der Waals surface area contributed by atoms with Gasteiger partial charge in [0.1, 0.15) is 0 Å². The molecule has 0 bridgehead atoms. The maximum atomic E-state index is 11.3. The summed E-state index contributed by atoms with van der Waals surface area (Å²) in [7, 11) is -3.39. The van der Waals surface area contributed by atoms with E-state index in [9.17, 15) is 8.42 Å². The lowest BCUT2D eigenvalue weighted by molar-refractivity contribution is 0.0443. The largest absolute Gasteiger partial charge is 0.381 e. The topological polar surface area (TPSA) is 69.4 Å². The van der Waals surface area contributed by atoms with E-state index < -0.39 is 10.0 Å². The fraction of sp³-hybridized carbons (Fsp3) is 1.00. The van der Waals surface area contributed by atoms with Gasteiger partial charge in [0.05, 0.1) is 12.4 Å². The maximum absolute atomic E-state index is 11.3. The van der Waals surface area contributed by atoms with Crippen LogP contribution >= 0.6 is 0 Å². The van der Waals surface area contributed by atoms with E-state index in [0.717, 1.165) is 44.6 Å². The van der Waals surface area contributed by atoms with E-state index in [1.54, 1.807) is 0 Å². The number of nitrogens with two attached hydrogens (primary N) is 1. The summed E-state index contributed by atoms with van der Waals surface area (Å²) in [6.45, 7) is 1.34. The summed E-state index contributed by atoms with van der Waals surface area (Å²) in [5.74, 6) is 0.937. The molecule has 0 aromatic carbocycles. The van der Waals surface area contributed by atoms with Crippen molar-refractivity contribution in [2.75, 3.05) is 19.0 Å². The Morgan fingerprint density at radius 3 is 2.33 bits per heavy atom. The zero-order valence-corrected chi connectivity index (χ0v) is 11.9. The molecule has 2 aliphatic carbocycles. The first-order valence-electron chi connectivity index (χ1n) is 7.07. The van der Waals surface area contributed by atoms with Crippen LogP contribution in [-0.2, 0) is 14.8 Å². The fourth-order valence-electron chi connectivity index (χ4n) is 3.20. The molecule has 0 aromatic rings. The minimum absolute atomic E-state index is 0.0867. The number of primary sulfonamides is 1. The van der Waals surface area contributed by atoms with Crippen LogP contribution in [0, 0.1) is 11.3 Å². The molecule has 2 aliphatic rings. The average molecular weight is 275 g/mol. The third-order valence-electron chi connectivity index (χ3n) is 4.48. The molecule has 0 atom stereocenters. The summed E-state index contributed by atoms with van der Waals surface area (Å²) in [4.78, 5) is 0. The number of ether oxygens (including phenoxy) is 1. The highest BCUT2D eigenvalue weighted by molar-refractivity contribution is 7.89. The lowest BCUT2D eigenvalue weighted by Crippen LogP contribution is -2.35. The molecule has 0 spiro atoms. The zero-order chi connectivity index (χ0) is 13.1. The van der Waals surface area contributed by atoms with Gasteiger partial charge < -0.3 is 4.74 Å². The van der Waals surface area contributed by atoms with Gasteiger partial charge in [-0.3, -0.25) is 0 Å². The molecule has 0 amide bonds. The van der Waals surface area contributed by atoms with Crippen molar-refractivity contribution in [1.29, 1.82) is 0 Å². The Hall–Kier alpha value is -0.130. The van der Waals surface area contributed by atoms with Crippen LogP contribution in [0.2, 0.25) is 0 Å². The van der Waals surface area contributed by atoms with Gasteiger partial charge in [0, 0.05) is 12.0 Å². The van der Waals surface area contributed by atoms with Gasteiger partial charge in [-0.25, -0.2) is 13.6 Å².